The number of aromatic nitrogens is 2. The SMILES string of the molecule is COc1ccc(-c2nnc(CN3CC[C@H](C(N)=O)C3)o2)cc1. The lowest BCUT2D eigenvalue weighted by Crippen LogP contribution is -2.27. The van der Waals surface area contributed by atoms with Gasteiger partial charge in [0, 0.05) is 12.1 Å². The highest BCUT2D eigenvalue weighted by molar-refractivity contribution is 5.77. The molecule has 7 nitrogen and oxygen atoms in total. The maximum Gasteiger partial charge on any atom is 0.247 e. The molecule has 7 heteroatoms. The minimum atomic E-state index is -0.244. The Morgan fingerprint density at radius 2 is 2.18 bits per heavy atom. The molecule has 22 heavy (non-hydrogen) atoms. The van der Waals surface area contributed by atoms with Crippen LogP contribution in [0.25, 0.3) is 11.5 Å². The van der Waals surface area contributed by atoms with Gasteiger partial charge in [0.25, 0.3) is 0 Å². The van der Waals surface area contributed by atoms with Crippen LogP contribution in [0.3, 0.4) is 0 Å². The molecular formula is C15H18N4O3. The molecule has 1 aliphatic rings. The predicted octanol–water partition coefficient (Wildman–Crippen LogP) is 1.05. The summed E-state index contributed by atoms with van der Waals surface area (Å²) >= 11 is 0. The summed E-state index contributed by atoms with van der Waals surface area (Å²) < 4.78 is 10.8. The zero-order chi connectivity index (χ0) is 15.5. The van der Waals surface area contributed by atoms with Crippen molar-refractivity contribution >= 4 is 5.91 Å². The van der Waals surface area contributed by atoms with Gasteiger partial charge in [0.15, 0.2) is 0 Å². The number of amides is 1. The van der Waals surface area contributed by atoms with E-state index in [0.717, 1.165) is 24.3 Å². The molecule has 1 fully saturated rings. The van der Waals surface area contributed by atoms with Crippen LogP contribution in [-0.2, 0) is 11.3 Å². The number of primary amides is 1. The first kappa shape index (κ1) is 14.5. The van der Waals surface area contributed by atoms with Gasteiger partial charge in [0.05, 0.1) is 19.6 Å². The molecule has 116 valence electrons. The standard InChI is InChI=1S/C15H18N4O3/c1-21-12-4-2-10(3-5-12)15-18-17-13(22-15)9-19-7-6-11(8-19)14(16)20/h2-5,11H,6-9H2,1H3,(H2,16,20)/t11-/m0/s1. The van der Waals surface area contributed by atoms with E-state index in [4.69, 9.17) is 14.9 Å². The molecule has 0 spiro atoms. The lowest BCUT2D eigenvalue weighted by Gasteiger charge is -2.11. The highest BCUT2D eigenvalue weighted by Crippen LogP contribution is 2.23. The fourth-order valence-electron chi connectivity index (χ4n) is 2.57. The number of likely N-dealkylation sites (tertiary alicyclic amines) is 1. The number of nitrogens with zero attached hydrogens (tertiary/aromatic N) is 3. The van der Waals surface area contributed by atoms with E-state index in [0.29, 0.717) is 24.9 Å². The van der Waals surface area contributed by atoms with E-state index in [-0.39, 0.29) is 11.8 Å². The Labute approximate surface area is 128 Å². The number of hydrogen-bond acceptors (Lipinski definition) is 6. The lowest BCUT2D eigenvalue weighted by atomic mass is 10.1. The van der Waals surface area contributed by atoms with Crippen molar-refractivity contribution in [1.82, 2.24) is 15.1 Å². The van der Waals surface area contributed by atoms with E-state index in [1.165, 1.54) is 0 Å². The third-order valence-corrected chi connectivity index (χ3v) is 3.84. The molecular weight excluding hydrogens is 284 g/mol. The molecule has 2 N–H and O–H groups in total. The number of benzene rings is 1. The van der Waals surface area contributed by atoms with Gasteiger partial charge in [-0.25, -0.2) is 0 Å². The molecule has 1 atom stereocenters. The normalized spacial score (nSPS) is 18.5. The lowest BCUT2D eigenvalue weighted by molar-refractivity contribution is -0.121. The van der Waals surface area contributed by atoms with Gasteiger partial charge in [0.1, 0.15) is 5.75 Å². The Morgan fingerprint density at radius 1 is 1.41 bits per heavy atom. The first-order valence-electron chi connectivity index (χ1n) is 7.14. The summed E-state index contributed by atoms with van der Waals surface area (Å²) in [5, 5.41) is 8.13. The van der Waals surface area contributed by atoms with Crippen LogP contribution >= 0.6 is 0 Å². The van der Waals surface area contributed by atoms with E-state index in [1.807, 2.05) is 24.3 Å². The zero-order valence-corrected chi connectivity index (χ0v) is 12.4. The van der Waals surface area contributed by atoms with Crippen LogP contribution in [0.4, 0.5) is 0 Å². The highest BCUT2D eigenvalue weighted by atomic mass is 16.5. The van der Waals surface area contributed by atoms with Crippen molar-refractivity contribution < 1.29 is 13.9 Å². The monoisotopic (exact) mass is 302 g/mol. The maximum atomic E-state index is 11.2. The summed E-state index contributed by atoms with van der Waals surface area (Å²) in [6.45, 7) is 2.00. The summed E-state index contributed by atoms with van der Waals surface area (Å²) in [7, 11) is 1.62. The maximum absolute atomic E-state index is 11.2. The Kier molecular flexibility index (Phi) is 4.06. The van der Waals surface area contributed by atoms with Crippen LogP contribution < -0.4 is 10.5 Å². The highest BCUT2D eigenvalue weighted by Gasteiger charge is 2.27. The molecule has 0 unspecified atom stereocenters. The molecule has 2 heterocycles. The molecule has 0 bridgehead atoms. The van der Waals surface area contributed by atoms with E-state index in [1.54, 1.807) is 7.11 Å². The Morgan fingerprint density at radius 3 is 2.82 bits per heavy atom. The second kappa shape index (κ2) is 6.15. The predicted molar refractivity (Wildman–Crippen MR) is 78.9 cm³/mol. The number of nitrogens with two attached hydrogens (primary N) is 1. The molecule has 0 radical (unpaired) electrons. The van der Waals surface area contributed by atoms with Crippen LogP contribution in [0.15, 0.2) is 28.7 Å². The number of hydrogen-bond donors (Lipinski definition) is 1. The van der Waals surface area contributed by atoms with Crippen LogP contribution in [-0.4, -0.2) is 41.2 Å². The topological polar surface area (TPSA) is 94.5 Å². The third kappa shape index (κ3) is 3.09. The number of rotatable bonds is 5. The fraction of sp³-hybridized carbons (Fsp3) is 0.400. The fourth-order valence-corrected chi connectivity index (χ4v) is 2.57. The quantitative estimate of drug-likeness (QED) is 0.887. The molecule has 1 amide bonds. The van der Waals surface area contributed by atoms with E-state index >= 15 is 0 Å². The van der Waals surface area contributed by atoms with Crippen LogP contribution in [0.2, 0.25) is 0 Å². The van der Waals surface area contributed by atoms with Crippen molar-refractivity contribution in [3.63, 3.8) is 0 Å². The van der Waals surface area contributed by atoms with Crippen molar-refractivity contribution in [3.8, 4) is 17.2 Å². The number of methoxy groups -OCH3 is 1. The van der Waals surface area contributed by atoms with Gasteiger partial charge in [0.2, 0.25) is 17.7 Å². The smallest absolute Gasteiger partial charge is 0.247 e. The summed E-state index contributed by atoms with van der Waals surface area (Å²) in [6, 6.07) is 7.43. The van der Waals surface area contributed by atoms with Crippen molar-refractivity contribution in [2.75, 3.05) is 20.2 Å². The van der Waals surface area contributed by atoms with Gasteiger partial charge in [-0.05, 0) is 37.2 Å². The summed E-state index contributed by atoms with van der Waals surface area (Å²) in [5.74, 6) is 1.47. The Bertz CT molecular complexity index is 653. The average Bonchev–Trinajstić information content (AvgIpc) is 3.17. The molecule has 1 aromatic carbocycles. The van der Waals surface area contributed by atoms with Crippen molar-refractivity contribution in [2.45, 2.75) is 13.0 Å². The number of ether oxygens (including phenoxy) is 1. The van der Waals surface area contributed by atoms with Crippen LogP contribution in [0, 0.1) is 5.92 Å². The second-order valence-corrected chi connectivity index (χ2v) is 5.35. The minimum Gasteiger partial charge on any atom is -0.497 e. The molecule has 1 aromatic heterocycles. The molecule has 0 saturated carbocycles. The second-order valence-electron chi connectivity index (χ2n) is 5.35. The van der Waals surface area contributed by atoms with Crippen LogP contribution in [0.1, 0.15) is 12.3 Å². The van der Waals surface area contributed by atoms with E-state index < -0.39 is 0 Å². The Hall–Kier alpha value is -2.41. The van der Waals surface area contributed by atoms with Gasteiger partial charge in [-0.3, -0.25) is 9.69 Å². The van der Waals surface area contributed by atoms with Gasteiger partial charge in [-0.2, -0.15) is 0 Å². The molecule has 1 aliphatic heterocycles. The molecule has 2 aromatic rings. The summed E-state index contributed by atoms with van der Waals surface area (Å²) in [6.07, 6.45) is 0.787. The first-order chi connectivity index (χ1) is 10.7. The van der Waals surface area contributed by atoms with Gasteiger partial charge < -0.3 is 14.9 Å². The van der Waals surface area contributed by atoms with Crippen molar-refractivity contribution in [2.24, 2.45) is 11.7 Å². The largest absolute Gasteiger partial charge is 0.497 e. The number of carbonyl (C=O) groups excluding carboxylic acids is 1. The summed E-state index contributed by atoms with van der Waals surface area (Å²) in [4.78, 5) is 13.3. The molecule has 3 rings (SSSR count). The Balaban J connectivity index is 1.65. The average molecular weight is 302 g/mol. The van der Waals surface area contributed by atoms with Crippen molar-refractivity contribution in [3.05, 3.63) is 30.2 Å². The van der Waals surface area contributed by atoms with E-state index in [9.17, 15) is 4.79 Å². The first-order valence-corrected chi connectivity index (χ1v) is 7.14. The zero-order valence-electron chi connectivity index (χ0n) is 12.4. The van der Waals surface area contributed by atoms with Crippen molar-refractivity contribution in [1.29, 1.82) is 0 Å². The van der Waals surface area contributed by atoms with Gasteiger partial charge in [-0.1, -0.05) is 0 Å². The van der Waals surface area contributed by atoms with Crippen LogP contribution in [0.5, 0.6) is 5.75 Å². The molecule has 1 saturated heterocycles. The van der Waals surface area contributed by atoms with Gasteiger partial charge in [-0.15, -0.1) is 10.2 Å². The summed E-state index contributed by atoms with van der Waals surface area (Å²) in [5.41, 5.74) is 6.17. The van der Waals surface area contributed by atoms with Gasteiger partial charge >= 0.3 is 0 Å². The van der Waals surface area contributed by atoms with E-state index in [2.05, 4.69) is 15.1 Å². The molecule has 0 aliphatic carbocycles. The number of carbonyl (C=O) groups is 1. The third-order valence-electron chi connectivity index (χ3n) is 3.84. The minimum absolute atomic E-state index is 0.0796.